The minimum atomic E-state index is -4.34. The van der Waals surface area contributed by atoms with Gasteiger partial charge in [-0.3, -0.25) is 0 Å². The number of aliphatic hydroxyl groups excluding tert-OH is 1. The molecule has 0 aliphatic rings. The van der Waals surface area contributed by atoms with Crippen LogP contribution in [0.15, 0.2) is 24.3 Å². The van der Waals surface area contributed by atoms with Crippen LogP contribution in [0.25, 0.3) is 0 Å². The average Bonchev–Trinajstić information content (AvgIpc) is 2.45. The molecule has 0 aliphatic heterocycles. The number of amides is 2. The highest BCUT2D eigenvalue weighted by molar-refractivity contribution is 5.74. The average molecular weight is 318 g/mol. The number of rotatable bonds is 6. The predicted octanol–water partition coefficient (Wildman–Crippen LogP) is 2.56. The molecule has 0 saturated carbocycles. The largest absolute Gasteiger partial charge is 0.416 e. The normalized spacial score (nSPS) is 14.3. The highest BCUT2D eigenvalue weighted by Crippen LogP contribution is 2.29. The van der Waals surface area contributed by atoms with E-state index in [9.17, 15) is 18.0 Å². The third-order valence-corrected chi connectivity index (χ3v) is 3.48. The first-order chi connectivity index (χ1) is 10.2. The van der Waals surface area contributed by atoms with E-state index in [2.05, 4.69) is 10.6 Å². The summed E-state index contributed by atoms with van der Waals surface area (Å²) in [7, 11) is 0. The van der Waals surface area contributed by atoms with Crippen molar-refractivity contribution < 1.29 is 23.1 Å². The lowest BCUT2D eigenvalue weighted by Crippen LogP contribution is -2.44. The van der Waals surface area contributed by atoms with Crippen LogP contribution in [0.4, 0.5) is 18.0 Å². The molecule has 2 amide bonds. The minimum Gasteiger partial charge on any atom is -0.396 e. The molecule has 0 radical (unpaired) electrons. The Bertz CT molecular complexity index is 475. The summed E-state index contributed by atoms with van der Waals surface area (Å²) in [6, 6.07) is 4.33. The third-order valence-electron chi connectivity index (χ3n) is 3.48. The summed E-state index contributed by atoms with van der Waals surface area (Å²) in [6.45, 7) is 3.90. The number of nitrogens with one attached hydrogen (secondary N) is 2. The van der Waals surface area contributed by atoms with Crippen LogP contribution < -0.4 is 10.6 Å². The van der Waals surface area contributed by atoms with Crippen molar-refractivity contribution in [1.29, 1.82) is 0 Å². The molecule has 3 N–H and O–H groups in total. The van der Waals surface area contributed by atoms with Crippen LogP contribution in [0, 0.1) is 5.92 Å². The van der Waals surface area contributed by atoms with Gasteiger partial charge in [0.15, 0.2) is 0 Å². The van der Waals surface area contributed by atoms with Crippen molar-refractivity contribution in [2.24, 2.45) is 5.92 Å². The second-order valence-electron chi connectivity index (χ2n) is 5.29. The summed E-state index contributed by atoms with van der Waals surface area (Å²) in [5, 5.41) is 14.3. The number of benzene rings is 1. The van der Waals surface area contributed by atoms with E-state index in [0.29, 0.717) is 18.5 Å². The van der Waals surface area contributed by atoms with Gasteiger partial charge in [-0.05, 0) is 37.0 Å². The van der Waals surface area contributed by atoms with Crippen LogP contribution >= 0.6 is 0 Å². The van der Waals surface area contributed by atoms with Crippen molar-refractivity contribution >= 4 is 6.03 Å². The standard InChI is InChI=1S/C15H21F3N2O2/c1-10(9-21)11(2)20-14(22)19-8-7-12-3-5-13(6-4-12)15(16,17)18/h3-6,10-11,21H,7-9H2,1-2H3,(H2,19,20,22). The maximum Gasteiger partial charge on any atom is 0.416 e. The second-order valence-corrected chi connectivity index (χ2v) is 5.29. The molecule has 2 atom stereocenters. The van der Waals surface area contributed by atoms with E-state index in [0.717, 1.165) is 12.1 Å². The third kappa shape index (κ3) is 5.93. The number of hydrogen-bond acceptors (Lipinski definition) is 2. The highest BCUT2D eigenvalue weighted by Gasteiger charge is 2.29. The smallest absolute Gasteiger partial charge is 0.396 e. The molecule has 0 aliphatic carbocycles. The number of carbonyl (C=O) groups is 1. The number of carbonyl (C=O) groups excluding carboxylic acids is 1. The summed E-state index contributed by atoms with van der Waals surface area (Å²) in [6.07, 6.45) is -3.90. The summed E-state index contributed by atoms with van der Waals surface area (Å²) in [4.78, 5) is 11.6. The molecule has 4 nitrogen and oxygen atoms in total. The molecule has 0 fully saturated rings. The first kappa shape index (κ1) is 18.3. The topological polar surface area (TPSA) is 61.4 Å². The van der Waals surface area contributed by atoms with Crippen LogP contribution in [-0.2, 0) is 12.6 Å². The Balaban J connectivity index is 2.37. The van der Waals surface area contributed by atoms with Gasteiger partial charge in [-0.1, -0.05) is 19.1 Å². The SMILES string of the molecule is CC(CO)C(C)NC(=O)NCCc1ccc(C(F)(F)F)cc1. The van der Waals surface area contributed by atoms with Crippen LogP contribution in [-0.4, -0.2) is 30.3 Å². The van der Waals surface area contributed by atoms with Gasteiger partial charge >= 0.3 is 12.2 Å². The van der Waals surface area contributed by atoms with Crippen molar-refractivity contribution in [2.45, 2.75) is 32.5 Å². The summed E-state index contributed by atoms with van der Waals surface area (Å²) in [5.41, 5.74) is 0.0267. The predicted molar refractivity (Wildman–Crippen MR) is 77.4 cm³/mol. The number of halogens is 3. The Kier molecular flexibility index (Phi) is 6.67. The lowest BCUT2D eigenvalue weighted by atomic mass is 10.1. The van der Waals surface area contributed by atoms with Gasteiger partial charge in [0, 0.05) is 19.2 Å². The van der Waals surface area contributed by atoms with Crippen molar-refractivity contribution in [3.8, 4) is 0 Å². The zero-order valence-corrected chi connectivity index (χ0v) is 12.6. The number of hydrogen-bond donors (Lipinski definition) is 3. The van der Waals surface area contributed by atoms with Crippen molar-refractivity contribution in [2.75, 3.05) is 13.2 Å². The van der Waals surface area contributed by atoms with Gasteiger partial charge in [0.05, 0.1) is 5.56 Å². The first-order valence-electron chi connectivity index (χ1n) is 7.05. The summed E-state index contributed by atoms with van der Waals surface area (Å²) < 4.78 is 37.2. The van der Waals surface area contributed by atoms with E-state index >= 15 is 0 Å². The number of alkyl halides is 3. The van der Waals surface area contributed by atoms with E-state index in [-0.39, 0.29) is 24.6 Å². The van der Waals surface area contributed by atoms with E-state index in [1.54, 1.807) is 6.92 Å². The van der Waals surface area contributed by atoms with Crippen LogP contribution in [0.3, 0.4) is 0 Å². The van der Waals surface area contributed by atoms with E-state index in [1.807, 2.05) is 6.92 Å². The van der Waals surface area contributed by atoms with E-state index in [4.69, 9.17) is 5.11 Å². The second kappa shape index (κ2) is 8.03. The zero-order chi connectivity index (χ0) is 16.8. The molecule has 0 heterocycles. The first-order valence-corrected chi connectivity index (χ1v) is 7.05. The molecule has 0 aromatic heterocycles. The van der Waals surface area contributed by atoms with Gasteiger partial charge in [0.25, 0.3) is 0 Å². The molecular formula is C15H21F3N2O2. The molecule has 1 aromatic carbocycles. The summed E-state index contributed by atoms with van der Waals surface area (Å²) >= 11 is 0. The Morgan fingerprint density at radius 3 is 2.32 bits per heavy atom. The Morgan fingerprint density at radius 1 is 1.23 bits per heavy atom. The lowest BCUT2D eigenvalue weighted by Gasteiger charge is -2.19. The van der Waals surface area contributed by atoms with Crippen LogP contribution in [0.2, 0.25) is 0 Å². The van der Waals surface area contributed by atoms with Crippen molar-refractivity contribution in [3.63, 3.8) is 0 Å². The van der Waals surface area contributed by atoms with Gasteiger partial charge in [-0.2, -0.15) is 13.2 Å². The Morgan fingerprint density at radius 2 is 1.82 bits per heavy atom. The van der Waals surface area contributed by atoms with E-state index < -0.39 is 11.7 Å². The summed E-state index contributed by atoms with van der Waals surface area (Å²) in [5.74, 6) is -0.0549. The monoisotopic (exact) mass is 318 g/mol. The minimum absolute atomic E-state index is 0.0208. The molecule has 1 aromatic rings. The fourth-order valence-corrected chi connectivity index (χ4v) is 1.74. The molecule has 22 heavy (non-hydrogen) atoms. The van der Waals surface area contributed by atoms with E-state index in [1.165, 1.54) is 12.1 Å². The van der Waals surface area contributed by atoms with Crippen molar-refractivity contribution in [1.82, 2.24) is 10.6 Å². The van der Waals surface area contributed by atoms with Gasteiger partial charge in [-0.25, -0.2) is 4.79 Å². The quantitative estimate of drug-likeness (QED) is 0.755. The highest BCUT2D eigenvalue weighted by atomic mass is 19.4. The van der Waals surface area contributed by atoms with Gasteiger partial charge < -0.3 is 15.7 Å². The molecular weight excluding hydrogens is 297 g/mol. The maximum absolute atomic E-state index is 12.4. The van der Waals surface area contributed by atoms with Crippen LogP contribution in [0.1, 0.15) is 25.0 Å². The molecule has 0 spiro atoms. The number of urea groups is 1. The molecule has 0 saturated heterocycles. The molecule has 0 bridgehead atoms. The van der Waals surface area contributed by atoms with Crippen molar-refractivity contribution in [3.05, 3.63) is 35.4 Å². The molecule has 124 valence electrons. The van der Waals surface area contributed by atoms with Crippen LogP contribution in [0.5, 0.6) is 0 Å². The number of aliphatic hydroxyl groups is 1. The van der Waals surface area contributed by atoms with Gasteiger partial charge in [-0.15, -0.1) is 0 Å². The maximum atomic E-state index is 12.4. The molecule has 1 rings (SSSR count). The van der Waals surface area contributed by atoms with Gasteiger partial charge in [0.2, 0.25) is 0 Å². The Hall–Kier alpha value is -1.76. The molecule has 7 heteroatoms. The fourth-order valence-electron chi connectivity index (χ4n) is 1.74. The lowest BCUT2D eigenvalue weighted by molar-refractivity contribution is -0.137. The Labute approximate surface area is 127 Å². The zero-order valence-electron chi connectivity index (χ0n) is 12.6. The molecule has 2 unspecified atom stereocenters. The van der Waals surface area contributed by atoms with Gasteiger partial charge in [0.1, 0.15) is 0 Å². The fraction of sp³-hybridized carbons (Fsp3) is 0.533.